The highest BCUT2D eigenvalue weighted by Gasteiger charge is 2.35. The molecule has 3 N–H and O–H groups in total. The maximum Gasteiger partial charge on any atom is 0.251 e. The van der Waals surface area contributed by atoms with Crippen molar-refractivity contribution < 1.29 is 25.6 Å². The molecule has 2 aliphatic rings. The number of fused-ring (bicyclic) bond motifs is 1. The van der Waals surface area contributed by atoms with Gasteiger partial charge in [-0.1, -0.05) is 6.07 Å². The van der Waals surface area contributed by atoms with E-state index >= 15 is 0 Å². The van der Waals surface area contributed by atoms with Gasteiger partial charge in [0.15, 0.2) is 0 Å². The second-order valence-corrected chi connectivity index (χ2v) is 6.27. The van der Waals surface area contributed by atoms with Crippen molar-refractivity contribution in [1.29, 1.82) is 0 Å². The number of nitrogens with one attached hydrogen (secondary N) is 3. The Morgan fingerprint density at radius 1 is 1.30 bits per heavy atom. The van der Waals surface area contributed by atoms with Gasteiger partial charge in [-0.15, -0.1) is 0 Å². The van der Waals surface area contributed by atoms with Crippen molar-refractivity contribution in [2.75, 3.05) is 0 Å². The van der Waals surface area contributed by atoms with Crippen molar-refractivity contribution in [3.05, 3.63) is 76.4 Å². The summed E-state index contributed by atoms with van der Waals surface area (Å²) in [4.78, 5) is 24.4. The Balaban J connectivity index is 0.00000210. The number of allylic oxidation sites excluding steroid dienone is 1. The van der Waals surface area contributed by atoms with Gasteiger partial charge in [0.05, 0.1) is 18.0 Å². The molecule has 0 saturated heterocycles. The SMILES string of the molecule is CC1=C2[C](C=CN1)NC(=O)C(CC(=O)N[C@@H](C)c1ccc(F)cc1F)=C2F.[HH].[HH]. The molecule has 0 saturated carbocycles. The zero-order valence-corrected chi connectivity index (χ0v) is 14.6. The van der Waals surface area contributed by atoms with Gasteiger partial charge in [0.25, 0.3) is 5.91 Å². The quantitative estimate of drug-likeness (QED) is 0.751. The molecule has 145 valence electrons. The van der Waals surface area contributed by atoms with Crippen LogP contribution in [-0.2, 0) is 9.59 Å². The summed E-state index contributed by atoms with van der Waals surface area (Å²) in [7, 11) is 0. The predicted molar refractivity (Wildman–Crippen MR) is 96.3 cm³/mol. The Morgan fingerprint density at radius 2 is 2.04 bits per heavy atom. The first kappa shape index (κ1) is 18.8. The van der Waals surface area contributed by atoms with E-state index in [1.807, 2.05) is 0 Å². The number of benzene rings is 1. The molecule has 3 rings (SSSR count). The molecule has 0 spiro atoms. The summed E-state index contributed by atoms with van der Waals surface area (Å²) in [5.41, 5.74) is 0.472. The molecule has 1 aromatic carbocycles. The van der Waals surface area contributed by atoms with Crippen LogP contribution in [-0.4, -0.2) is 11.8 Å². The van der Waals surface area contributed by atoms with Crippen LogP contribution >= 0.6 is 0 Å². The van der Waals surface area contributed by atoms with Gasteiger partial charge in [-0.3, -0.25) is 9.59 Å². The minimum absolute atomic E-state index is 0. The third kappa shape index (κ3) is 3.74. The summed E-state index contributed by atoms with van der Waals surface area (Å²) < 4.78 is 41.6. The lowest BCUT2D eigenvalue weighted by atomic mass is 9.92. The molecule has 1 atom stereocenters. The summed E-state index contributed by atoms with van der Waals surface area (Å²) in [6.45, 7) is 3.15. The van der Waals surface area contributed by atoms with Gasteiger partial charge in [0, 0.05) is 25.8 Å². The molecule has 5 nitrogen and oxygen atoms in total. The average molecular weight is 380 g/mol. The second kappa shape index (κ2) is 7.30. The van der Waals surface area contributed by atoms with E-state index in [0.717, 1.165) is 6.07 Å². The molecule has 1 radical (unpaired) electrons. The largest absolute Gasteiger partial charge is 0.365 e. The zero-order valence-electron chi connectivity index (χ0n) is 14.6. The van der Waals surface area contributed by atoms with Gasteiger partial charge in [0.2, 0.25) is 5.91 Å². The lowest BCUT2D eigenvalue weighted by molar-refractivity contribution is -0.123. The van der Waals surface area contributed by atoms with Gasteiger partial charge >= 0.3 is 0 Å². The Bertz CT molecular complexity index is 916. The average Bonchev–Trinajstić information content (AvgIpc) is 2.58. The molecule has 8 heteroatoms. The third-order valence-electron chi connectivity index (χ3n) is 4.34. The van der Waals surface area contributed by atoms with Crippen LogP contribution in [0.2, 0.25) is 0 Å². The van der Waals surface area contributed by atoms with Crippen LogP contribution in [0.5, 0.6) is 0 Å². The van der Waals surface area contributed by atoms with Gasteiger partial charge in [-0.2, -0.15) is 0 Å². The van der Waals surface area contributed by atoms with Crippen molar-refractivity contribution in [3.63, 3.8) is 0 Å². The van der Waals surface area contributed by atoms with Crippen LogP contribution < -0.4 is 16.0 Å². The van der Waals surface area contributed by atoms with Crippen molar-refractivity contribution in [2.24, 2.45) is 0 Å². The first-order valence-electron chi connectivity index (χ1n) is 8.24. The number of hydrogen-bond acceptors (Lipinski definition) is 3. The van der Waals surface area contributed by atoms with Crippen LogP contribution in [0.4, 0.5) is 13.2 Å². The minimum Gasteiger partial charge on any atom is -0.365 e. The van der Waals surface area contributed by atoms with E-state index in [2.05, 4.69) is 16.0 Å². The van der Waals surface area contributed by atoms with E-state index in [4.69, 9.17) is 0 Å². The molecular weight excluding hydrogens is 359 g/mol. The summed E-state index contributed by atoms with van der Waals surface area (Å²) in [5, 5.41) is 7.89. The molecule has 0 bridgehead atoms. The molecular formula is C19H21F3N3O2. The molecule has 0 aliphatic carbocycles. The van der Waals surface area contributed by atoms with Crippen molar-refractivity contribution >= 4 is 11.8 Å². The van der Waals surface area contributed by atoms with Crippen LogP contribution in [0.3, 0.4) is 0 Å². The molecule has 2 aliphatic heterocycles. The van der Waals surface area contributed by atoms with E-state index in [1.54, 1.807) is 13.1 Å². The molecule has 1 aromatic rings. The molecule has 0 unspecified atom stereocenters. The topological polar surface area (TPSA) is 70.2 Å². The van der Waals surface area contributed by atoms with Crippen LogP contribution in [0, 0.1) is 17.7 Å². The molecule has 0 fully saturated rings. The predicted octanol–water partition coefficient (Wildman–Crippen LogP) is 3.30. The highest BCUT2D eigenvalue weighted by atomic mass is 19.1. The van der Waals surface area contributed by atoms with E-state index in [9.17, 15) is 22.8 Å². The lowest BCUT2D eigenvalue weighted by Crippen LogP contribution is -2.39. The van der Waals surface area contributed by atoms with Crippen LogP contribution in [0.25, 0.3) is 0 Å². The van der Waals surface area contributed by atoms with E-state index < -0.39 is 41.7 Å². The Labute approximate surface area is 157 Å². The standard InChI is InChI=1S/C19H17F3N3O2.2H2/c1-9(12-4-3-11(20)7-14(12)21)24-16(26)8-13-18(22)17-10(2)23-6-5-15(17)25-19(13)27;;/h3-7,9,23H,8H2,1-2H3,(H,24,26)(H,25,27);2*1H/t9-;;/m0../s1. The maximum atomic E-state index is 14.8. The van der Waals surface area contributed by atoms with Gasteiger partial charge < -0.3 is 16.0 Å². The van der Waals surface area contributed by atoms with Crippen molar-refractivity contribution in [2.45, 2.75) is 26.3 Å². The number of amides is 2. The summed E-state index contributed by atoms with van der Waals surface area (Å²) in [5.74, 6) is -3.68. The number of halogens is 3. The fraction of sp³-hybridized carbons (Fsp3) is 0.211. The fourth-order valence-electron chi connectivity index (χ4n) is 2.98. The highest BCUT2D eigenvalue weighted by Crippen LogP contribution is 2.34. The fourth-order valence-corrected chi connectivity index (χ4v) is 2.98. The van der Waals surface area contributed by atoms with Crippen LogP contribution in [0.15, 0.2) is 53.1 Å². The minimum atomic E-state index is -0.802. The zero-order chi connectivity index (χ0) is 19.7. The van der Waals surface area contributed by atoms with Gasteiger partial charge in [-0.25, -0.2) is 13.2 Å². The molecule has 0 aromatic heterocycles. The number of carbonyl (C=O) groups excluding carboxylic acids is 2. The van der Waals surface area contributed by atoms with E-state index in [-0.39, 0.29) is 19.6 Å². The first-order chi connectivity index (χ1) is 12.8. The first-order valence-corrected chi connectivity index (χ1v) is 8.24. The third-order valence-corrected chi connectivity index (χ3v) is 4.34. The summed E-state index contributed by atoms with van der Waals surface area (Å²) in [6.07, 6.45) is 2.58. The molecule has 27 heavy (non-hydrogen) atoms. The highest BCUT2D eigenvalue weighted by molar-refractivity contribution is 6.02. The Hall–Kier alpha value is -3.03. The smallest absolute Gasteiger partial charge is 0.251 e. The number of dihydropyridines is 1. The second-order valence-electron chi connectivity index (χ2n) is 6.27. The van der Waals surface area contributed by atoms with Gasteiger partial charge in [0.1, 0.15) is 23.5 Å². The normalized spacial score (nSPS) is 18.0. The Kier molecular flexibility index (Phi) is 5.07. The molecule has 2 amide bonds. The van der Waals surface area contributed by atoms with Crippen molar-refractivity contribution in [1.82, 2.24) is 16.0 Å². The number of hydrogen-bond donors (Lipinski definition) is 3. The van der Waals surface area contributed by atoms with Crippen molar-refractivity contribution in [3.8, 4) is 0 Å². The lowest BCUT2D eigenvalue weighted by Gasteiger charge is -2.28. The maximum absolute atomic E-state index is 14.8. The summed E-state index contributed by atoms with van der Waals surface area (Å²) in [6, 6.07) is 2.55. The number of rotatable bonds is 4. The monoisotopic (exact) mass is 380 g/mol. The molecule has 2 heterocycles. The van der Waals surface area contributed by atoms with E-state index in [1.165, 1.54) is 19.1 Å². The van der Waals surface area contributed by atoms with Gasteiger partial charge in [-0.05, 0) is 32.2 Å². The van der Waals surface area contributed by atoms with Crippen LogP contribution in [0.1, 0.15) is 34.7 Å². The van der Waals surface area contributed by atoms with E-state index in [0.29, 0.717) is 17.8 Å². The summed E-state index contributed by atoms with van der Waals surface area (Å²) >= 11 is 0. The number of carbonyl (C=O) groups is 2. The Morgan fingerprint density at radius 3 is 2.74 bits per heavy atom.